The van der Waals surface area contributed by atoms with E-state index in [1.807, 2.05) is 32.0 Å². The molecular weight excluding hydrogens is 332 g/mol. The summed E-state index contributed by atoms with van der Waals surface area (Å²) in [7, 11) is 4.51. The molecule has 0 radical (unpaired) electrons. The molecule has 6 heteroatoms. The van der Waals surface area contributed by atoms with Crippen LogP contribution in [0.1, 0.15) is 34.0 Å². The largest absolute Gasteiger partial charge is 0.493 e. The molecule has 0 saturated heterocycles. The summed E-state index contributed by atoms with van der Waals surface area (Å²) in [5.41, 5.74) is 6.98. The molecule has 0 fully saturated rings. The molecule has 0 unspecified atom stereocenters. The van der Waals surface area contributed by atoms with Gasteiger partial charge in [0.15, 0.2) is 11.5 Å². The Hall–Kier alpha value is -3.02. The number of hydrogen-bond donors (Lipinski definition) is 1. The summed E-state index contributed by atoms with van der Waals surface area (Å²) in [6.45, 7) is 5.94. The number of carbonyl (C=O) groups excluding carboxylic acids is 1. The molecule has 6 nitrogen and oxygen atoms in total. The Bertz CT molecular complexity index is 819. The van der Waals surface area contributed by atoms with Crippen LogP contribution < -0.4 is 19.6 Å². The van der Waals surface area contributed by atoms with Crippen molar-refractivity contribution >= 4 is 11.6 Å². The van der Waals surface area contributed by atoms with Crippen molar-refractivity contribution in [3.63, 3.8) is 0 Å². The van der Waals surface area contributed by atoms with E-state index in [1.54, 1.807) is 12.1 Å². The molecule has 1 N–H and O–H groups in total. The summed E-state index contributed by atoms with van der Waals surface area (Å²) in [5, 5.41) is 4.20. The minimum atomic E-state index is -0.368. The maximum atomic E-state index is 12.5. The third kappa shape index (κ3) is 4.14. The zero-order valence-corrected chi connectivity index (χ0v) is 16.0. The second kappa shape index (κ2) is 8.38. The van der Waals surface area contributed by atoms with E-state index in [9.17, 15) is 4.79 Å². The first-order valence-electron chi connectivity index (χ1n) is 8.13. The SMILES string of the molecule is COc1cc(C(=O)N/N=C(\C)c2ccc(C)c(C)c2)cc(OC)c1OC. The van der Waals surface area contributed by atoms with Crippen LogP contribution in [-0.4, -0.2) is 32.9 Å². The van der Waals surface area contributed by atoms with Gasteiger partial charge in [-0.2, -0.15) is 5.10 Å². The lowest BCUT2D eigenvalue weighted by atomic mass is 10.0. The number of carbonyl (C=O) groups is 1. The number of nitrogens with one attached hydrogen (secondary N) is 1. The van der Waals surface area contributed by atoms with Gasteiger partial charge in [-0.3, -0.25) is 4.79 Å². The molecule has 0 aromatic heterocycles. The van der Waals surface area contributed by atoms with Crippen LogP contribution in [0.4, 0.5) is 0 Å². The van der Waals surface area contributed by atoms with E-state index in [-0.39, 0.29) is 5.91 Å². The smallest absolute Gasteiger partial charge is 0.271 e. The average Bonchev–Trinajstić information content (AvgIpc) is 2.66. The number of hydrogen-bond acceptors (Lipinski definition) is 5. The van der Waals surface area contributed by atoms with E-state index in [0.29, 0.717) is 28.5 Å². The van der Waals surface area contributed by atoms with E-state index < -0.39 is 0 Å². The minimum Gasteiger partial charge on any atom is -0.493 e. The van der Waals surface area contributed by atoms with E-state index >= 15 is 0 Å². The first-order chi connectivity index (χ1) is 12.4. The average molecular weight is 356 g/mol. The summed E-state index contributed by atoms with van der Waals surface area (Å²) < 4.78 is 15.8. The van der Waals surface area contributed by atoms with Gasteiger partial charge in [0.2, 0.25) is 5.75 Å². The predicted octanol–water partition coefficient (Wildman–Crippen LogP) is 3.48. The molecule has 0 aliphatic heterocycles. The molecule has 0 aliphatic carbocycles. The van der Waals surface area contributed by atoms with Gasteiger partial charge in [0.05, 0.1) is 27.0 Å². The van der Waals surface area contributed by atoms with Crippen LogP contribution in [-0.2, 0) is 0 Å². The van der Waals surface area contributed by atoms with Crippen molar-refractivity contribution < 1.29 is 19.0 Å². The van der Waals surface area contributed by atoms with Gasteiger partial charge in [-0.1, -0.05) is 12.1 Å². The van der Waals surface area contributed by atoms with Crippen molar-refractivity contribution in [1.29, 1.82) is 0 Å². The normalized spacial score (nSPS) is 11.1. The molecule has 0 spiro atoms. The molecule has 0 saturated carbocycles. The summed E-state index contributed by atoms with van der Waals surface area (Å²) >= 11 is 0. The molecular formula is C20H24N2O4. The molecule has 0 heterocycles. The summed E-state index contributed by atoms with van der Waals surface area (Å²) in [6, 6.07) is 9.21. The Morgan fingerprint density at radius 2 is 1.50 bits per heavy atom. The third-order valence-electron chi connectivity index (χ3n) is 4.18. The highest BCUT2D eigenvalue weighted by atomic mass is 16.5. The Morgan fingerprint density at radius 3 is 2.00 bits per heavy atom. The molecule has 2 rings (SSSR count). The van der Waals surface area contributed by atoms with Crippen LogP contribution in [0, 0.1) is 13.8 Å². The van der Waals surface area contributed by atoms with Gasteiger partial charge >= 0.3 is 0 Å². The van der Waals surface area contributed by atoms with E-state index in [0.717, 1.165) is 5.56 Å². The molecule has 0 bridgehead atoms. The van der Waals surface area contributed by atoms with Gasteiger partial charge in [-0.05, 0) is 55.7 Å². The maximum Gasteiger partial charge on any atom is 0.271 e. The number of methoxy groups -OCH3 is 3. The second-order valence-corrected chi connectivity index (χ2v) is 5.85. The number of hydrazone groups is 1. The number of nitrogens with zero attached hydrogens (tertiary/aromatic N) is 1. The Labute approximate surface area is 153 Å². The second-order valence-electron chi connectivity index (χ2n) is 5.85. The van der Waals surface area contributed by atoms with Gasteiger partial charge in [0, 0.05) is 5.56 Å². The summed E-state index contributed by atoms with van der Waals surface area (Å²) in [5.74, 6) is 0.882. The highest BCUT2D eigenvalue weighted by Gasteiger charge is 2.16. The Morgan fingerprint density at radius 1 is 0.885 bits per heavy atom. The number of ether oxygens (including phenoxy) is 3. The van der Waals surface area contributed by atoms with Crippen LogP contribution >= 0.6 is 0 Å². The topological polar surface area (TPSA) is 69.2 Å². The van der Waals surface area contributed by atoms with Gasteiger partial charge < -0.3 is 14.2 Å². The lowest BCUT2D eigenvalue weighted by Gasteiger charge is -2.13. The van der Waals surface area contributed by atoms with Crippen molar-refractivity contribution in [3.8, 4) is 17.2 Å². The number of benzene rings is 2. The fourth-order valence-corrected chi connectivity index (χ4v) is 2.44. The molecule has 2 aromatic rings. The Kier molecular flexibility index (Phi) is 6.22. The fraction of sp³-hybridized carbons (Fsp3) is 0.300. The fourth-order valence-electron chi connectivity index (χ4n) is 2.44. The van der Waals surface area contributed by atoms with E-state index in [2.05, 4.69) is 17.5 Å². The molecule has 2 aromatic carbocycles. The van der Waals surface area contributed by atoms with E-state index in [1.165, 1.54) is 32.5 Å². The predicted molar refractivity (Wildman–Crippen MR) is 102 cm³/mol. The van der Waals surface area contributed by atoms with Crippen LogP contribution in [0.15, 0.2) is 35.4 Å². The number of aryl methyl sites for hydroxylation is 2. The lowest BCUT2D eigenvalue weighted by Crippen LogP contribution is -2.19. The maximum absolute atomic E-state index is 12.5. The third-order valence-corrected chi connectivity index (χ3v) is 4.18. The van der Waals surface area contributed by atoms with Gasteiger partial charge in [-0.25, -0.2) is 5.43 Å². The highest BCUT2D eigenvalue weighted by Crippen LogP contribution is 2.38. The Balaban J connectivity index is 2.25. The van der Waals surface area contributed by atoms with Crippen molar-refractivity contribution in [2.45, 2.75) is 20.8 Å². The lowest BCUT2D eigenvalue weighted by molar-refractivity contribution is 0.0954. The van der Waals surface area contributed by atoms with Crippen molar-refractivity contribution in [2.24, 2.45) is 5.10 Å². The first-order valence-corrected chi connectivity index (χ1v) is 8.13. The standard InChI is InChI=1S/C20H24N2O4/c1-12-7-8-15(9-13(12)2)14(3)21-22-20(23)16-10-17(24-4)19(26-6)18(11-16)25-5/h7-11H,1-6H3,(H,22,23)/b21-14+. The monoisotopic (exact) mass is 356 g/mol. The zero-order chi connectivity index (χ0) is 19.3. The summed E-state index contributed by atoms with van der Waals surface area (Å²) in [6.07, 6.45) is 0. The first kappa shape index (κ1) is 19.3. The molecule has 26 heavy (non-hydrogen) atoms. The number of rotatable bonds is 6. The quantitative estimate of drug-likeness (QED) is 0.635. The van der Waals surface area contributed by atoms with Crippen molar-refractivity contribution in [1.82, 2.24) is 5.43 Å². The molecule has 0 aliphatic rings. The van der Waals surface area contributed by atoms with Gasteiger partial charge in [-0.15, -0.1) is 0 Å². The van der Waals surface area contributed by atoms with Crippen molar-refractivity contribution in [2.75, 3.05) is 21.3 Å². The van der Waals surface area contributed by atoms with Gasteiger partial charge in [0.1, 0.15) is 0 Å². The highest BCUT2D eigenvalue weighted by molar-refractivity contribution is 6.01. The summed E-state index contributed by atoms with van der Waals surface area (Å²) in [4.78, 5) is 12.5. The molecule has 1 amide bonds. The molecule has 138 valence electrons. The van der Waals surface area contributed by atoms with Crippen LogP contribution in [0.5, 0.6) is 17.2 Å². The van der Waals surface area contributed by atoms with Crippen LogP contribution in [0.3, 0.4) is 0 Å². The van der Waals surface area contributed by atoms with Gasteiger partial charge in [0.25, 0.3) is 5.91 Å². The molecule has 0 atom stereocenters. The van der Waals surface area contributed by atoms with Crippen LogP contribution in [0.2, 0.25) is 0 Å². The van der Waals surface area contributed by atoms with Crippen molar-refractivity contribution in [3.05, 3.63) is 52.6 Å². The van der Waals surface area contributed by atoms with E-state index in [4.69, 9.17) is 14.2 Å². The van der Waals surface area contributed by atoms with Crippen LogP contribution in [0.25, 0.3) is 0 Å². The number of amides is 1. The minimum absolute atomic E-state index is 0.358. The zero-order valence-electron chi connectivity index (χ0n) is 16.0.